The summed E-state index contributed by atoms with van der Waals surface area (Å²) in [6.45, 7) is 2.72. The molecule has 1 aliphatic heterocycles. The highest BCUT2D eigenvalue weighted by molar-refractivity contribution is 5.94. The quantitative estimate of drug-likeness (QED) is 0.468. The van der Waals surface area contributed by atoms with Crippen LogP contribution in [0.2, 0.25) is 0 Å². The number of halogens is 1. The monoisotopic (exact) mass is 458 g/mol. The third kappa shape index (κ3) is 3.29. The molecule has 172 valence electrons. The Balaban J connectivity index is 1.25. The van der Waals surface area contributed by atoms with E-state index < -0.39 is 0 Å². The molecular weight excluding hydrogens is 435 g/mol. The Kier molecular flexibility index (Phi) is 4.76. The second-order valence-corrected chi connectivity index (χ2v) is 8.90. The second-order valence-electron chi connectivity index (χ2n) is 8.90. The molecule has 8 heteroatoms. The summed E-state index contributed by atoms with van der Waals surface area (Å²) in [5.74, 6) is 0.138. The molecule has 34 heavy (non-hydrogen) atoms. The van der Waals surface area contributed by atoms with Crippen molar-refractivity contribution in [3.8, 4) is 11.4 Å². The normalized spacial score (nSPS) is 19.7. The SMILES string of the molecule is Cc1cn(-c2ccc3n(c2=O)CCN(C2CCC2Oc2cccc4ccc(F)cc24)C3=O)cn1. The molecule has 2 aliphatic rings. The Bertz CT molecular complexity index is 1490. The van der Waals surface area contributed by atoms with Crippen LogP contribution in [-0.4, -0.2) is 43.6 Å². The van der Waals surface area contributed by atoms with Gasteiger partial charge in [-0.15, -0.1) is 0 Å². The lowest BCUT2D eigenvalue weighted by Crippen LogP contribution is -2.58. The van der Waals surface area contributed by atoms with Crippen molar-refractivity contribution in [1.29, 1.82) is 0 Å². The molecule has 1 amide bonds. The third-order valence-electron chi connectivity index (χ3n) is 6.85. The minimum Gasteiger partial charge on any atom is -0.488 e. The van der Waals surface area contributed by atoms with Crippen molar-refractivity contribution in [2.45, 2.75) is 38.5 Å². The van der Waals surface area contributed by atoms with E-state index in [1.807, 2.05) is 30.0 Å². The number of imidazole rings is 1. The summed E-state index contributed by atoms with van der Waals surface area (Å²) in [6, 6.07) is 13.6. The molecule has 1 aliphatic carbocycles. The Morgan fingerprint density at radius 1 is 1.06 bits per heavy atom. The fraction of sp³-hybridized carbons (Fsp3) is 0.269. The molecule has 2 atom stereocenters. The lowest BCUT2D eigenvalue weighted by atomic mass is 9.86. The van der Waals surface area contributed by atoms with E-state index in [0.29, 0.717) is 30.2 Å². The largest absolute Gasteiger partial charge is 0.488 e. The average Bonchev–Trinajstić information content (AvgIpc) is 3.25. The molecule has 1 saturated carbocycles. The summed E-state index contributed by atoms with van der Waals surface area (Å²) in [4.78, 5) is 32.4. The smallest absolute Gasteiger partial charge is 0.275 e. The van der Waals surface area contributed by atoms with Crippen molar-refractivity contribution >= 4 is 16.7 Å². The van der Waals surface area contributed by atoms with Gasteiger partial charge in [-0.25, -0.2) is 9.37 Å². The van der Waals surface area contributed by atoms with Gasteiger partial charge in [-0.05, 0) is 55.5 Å². The van der Waals surface area contributed by atoms with Gasteiger partial charge in [-0.1, -0.05) is 18.2 Å². The fourth-order valence-electron chi connectivity index (χ4n) is 4.93. The number of aryl methyl sites for hydroxylation is 1. The Hall–Kier alpha value is -3.94. The molecule has 3 heterocycles. The van der Waals surface area contributed by atoms with Gasteiger partial charge in [0.05, 0.1) is 18.1 Å². The first-order chi connectivity index (χ1) is 16.5. The topological polar surface area (TPSA) is 69.4 Å². The zero-order valence-corrected chi connectivity index (χ0v) is 18.6. The van der Waals surface area contributed by atoms with Crippen molar-refractivity contribution in [1.82, 2.24) is 19.0 Å². The number of hydrogen-bond acceptors (Lipinski definition) is 4. The predicted octanol–water partition coefficient (Wildman–Crippen LogP) is 3.70. The number of carbonyl (C=O) groups excluding carboxylic acids is 1. The zero-order chi connectivity index (χ0) is 23.4. The van der Waals surface area contributed by atoms with Crippen molar-refractivity contribution in [3.05, 3.63) is 88.6 Å². The second kappa shape index (κ2) is 7.83. The van der Waals surface area contributed by atoms with Crippen LogP contribution < -0.4 is 10.3 Å². The minimum atomic E-state index is -0.313. The maximum absolute atomic E-state index is 13.8. The Morgan fingerprint density at radius 3 is 2.71 bits per heavy atom. The van der Waals surface area contributed by atoms with E-state index in [1.54, 1.807) is 39.9 Å². The van der Waals surface area contributed by atoms with Crippen LogP contribution in [0.5, 0.6) is 5.75 Å². The number of ether oxygens (including phenoxy) is 1. The van der Waals surface area contributed by atoms with Crippen molar-refractivity contribution in [2.75, 3.05) is 6.54 Å². The summed E-state index contributed by atoms with van der Waals surface area (Å²) in [7, 11) is 0. The number of pyridine rings is 1. The first kappa shape index (κ1) is 20.7. The number of hydrogen-bond donors (Lipinski definition) is 0. The van der Waals surface area contributed by atoms with Crippen LogP contribution in [0.3, 0.4) is 0 Å². The summed E-state index contributed by atoms with van der Waals surface area (Å²) in [6.07, 6.45) is 4.85. The molecule has 1 fully saturated rings. The molecule has 0 bridgehead atoms. The van der Waals surface area contributed by atoms with E-state index >= 15 is 0 Å². The van der Waals surface area contributed by atoms with Gasteiger partial charge < -0.3 is 18.8 Å². The number of carbonyl (C=O) groups is 1. The van der Waals surface area contributed by atoms with Crippen molar-refractivity contribution in [3.63, 3.8) is 0 Å². The van der Waals surface area contributed by atoms with Crippen molar-refractivity contribution < 1.29 is 13.9 Å². The lowest BCUT2D eigenvalue weighted by molar-refractivity contribution is -0.00484. The zero-order valence-electron chi connectivity index (χ0n) is 18.6. The standard InChI is InChI=1S/C26H23FN4O3/c1-16-14-29(15-28-16)21-7-8-22-26(33)30(11-12-31(22)25(21)32)20-9-10-24(20)34-23-4-2-3-17-5-6-18(27)13-19(17)23/h2-8,13-15,20,24H,9-12H2,1H3. The van der Waals surface area contributed by atoms with E-state index in [2.05, 4.69) is 4.98 Å². The van der Waals surface area contributed by atoms with Crippen molar-refractivity contribution in [2.24, 2.45) is 0 Å². The van der Waals surface area contributed by atoms with Gasteiger partial charge in [0.2, 0.25) is 0 Å². The minimum absolute atomic E-state index is 0.0869. The number of rotatable bonds is 4. The predicted molar refractivity (Wildman–Crippen MR) is 125 cm³/mol. The summed E-state index contributed by atoms with van der Waals surface area (Å²) in [5.41, 5.74) is 1.46. The maximum atomic E-state index is 13.8. The molecule has 7 nitrogen and oxygen atoms in total. The van der Waals surface area contributed by atoms with Crippen LogP contribution in [0.15, 0.2) is 65.8 Å². The Morgan fingerprint density at radius 2 is 1.94 bits per heavy atom. The highest BCUT2D eigenvalue weighted by atomic mass is 19.1. The first-order valence-electron chi connectivity index (χ1n) is 11.4. The summed E-state index contributed by atoms with van der Waals surface area (Å²) >= 11 is 0. The van der Waals surface area contributed by atoms with Crippen LogP contribution in [0.1, 0.15) is 29.0 Å². The van der Waals surface area contributed by atoms with Crippen LogP contribution in [0.25, 0.3) is 16.5 Å². The van der Waals surface area contributed by atoms with Crippen LogP contribution in [-0.2, 0) is 6.54 Å². The lowest BCUT2D eigenvalue weighted by Gasteiger charge is -2.45. The van der Waals surface area contributed by atoms with Gasteiger partial charge >= 0.3 is 0 Å². The number of aromatic nitrogens is 3. The average molecular weight is 458 g/mol. The Labute approximate surface area is 195 Å². The van der Waals surface area contributed by atoms with E-state index in [1.165, 1.54) is 12.1 Å². The number of nitrogens with zero attached hydrogens (tertiary/aromatic N) is 4. The van der Waals surface area contributed by atoms with Gasteiger partial charge in [-0.2, -0.15) is 0 Å². The van der Waals surface area contributed by atoms with Gasteiger partial charge in [0.1, 0.15) is 29.1 Å². The van der Waals surface area contributed by atoms with E-state index in [9.17, 15) is 14.0 Å². The molecule has 0 spiro atoms. The highest BCUT2D eigenvalue weighted by Gasteiger charge is 2.42. The van der Waals surface area contributed by atoms with Gasteiger partial charge in [-0.3, -0.25) is 9.59 Å². The highest BCUT2D eigenvalue weighted by Crippen LogP contribution is 2.35. The van der Waals surface area contributed by atoms with E-state index in [4.69, 9.17) is 4.74 Å². The molecule has 0 N–H and O–H groups in total. The third-order valence-corrected chi connectivity index (χ3v) is 6.85. The number of fused-ring (bicyclic) bond motifs is 2. The number of amides is 1. The van der Waals surface area contributed by atoms with E-state index in [0.717, 1.165) is 29.3 Å². The molecule has 4 aromatic rings. The van der Waals surface area contributed by atoms with Crippen LogP contribution >= 0.6 is 0 Å². The molecule has 2 aromatic heterocycles. The molecular formula is C26H23FN4O3. The van der Waals surface area contributed by atoms with Gasteiger partial charge in [0.25, 0.3) is 11.5 Å². The first-order valence-corrected chi connectivity index (χ1v) is 11.4. The molecule has 2 aromatic carbocycles. The number of benzene rings is 2. The van der Waals surface area contributed by atoms with Gasteiger partial charge in [0, 0.05) is 24.7 Å². The summed E-state index contributed by atoms with van der Waals surface area (Å²) < 4.78 is 23.4. The fourth-order valence-corrected chi connectivity index (χ4v) is 4.93. The molecule has 6 rings (SSSR count). The van der Waals surface area contributed by atoms with E-state index in [-0.39, 0.29) is 29.4 Å². The molecule has 0 saturated heterocycles. The van der Waals surface area contributed by atoms with Gasteiger partial charge in [0.15, 0.2) is 0 Å². The molecule has 2 unspecified atom stereocenters. The maximum Gasteiger partial charge on any atom is 0.275 e. The van der Waals surface area contributed by atoms with Crippen LogP contribution in [0.4, 0.5) is 4.39 Å². The van der Waals surface area contributed by atoms with Crippen LogP contribution in [0, 0.1) is 12.7 Å². The molecule has 0 radical (unpaired) electrons. The summed E-state index contributed by atoms with van der Waals surface area (Å²) in [5, 5.41) is 1.62.